The zero-order valence-electron chi connectivity index (χ0n) is 12.1. The lowest BCUT2D eigenvalue weighted by molar-refractivity contribution is 0.0908. The molecule has 0 bridgehead atoms. The van der Waals surface area contributed by atoms with Crippen molar-refractivity contribution in [1.29, 1.82) is 0 Å². The van der Waals surface area contributed by atoms with E-state index in [1.807, 2.05) is 19.1 Å². The summed E-state index contributed by atoms with van der Waals surface area (Å²) in [5.74, 6) is 0.558. The molecule has 1 heterocycles. The first-order valence-corrected chi connectivity index (χ1v) is 7.81. The van der Waals surface area contributed by atoms with Crippen LogP contribution in [-0.2, 0) is 0 Å². The van der Waals surface area contributed by atoms with Gasteiger partial charge in [-0.1, -0.05) is 12.1 Å². The number of hydrogen-bond acceptors (Lipinski definition) is 3. The number of benzene rings is 1. The number of thiophene rings is 1. The minimum absolute atomic E-state index is 0.0433. The van der Waals surface area contributed by atoms with Gasteiger partial charge in [-0.2, -0.15) is 0 Å². The van der Waals surface area contributed by atoms with Crippen molar-refractivity contribution in [3.63, 3.8) is 0 Å². The first-order valence-electron chi connectivity index (χ1n) is 6.99. The van der Waals surface area contributed by atoms with Gasteiger partial charge in [0.05, 0.1) is 5.69 Å². The Morgan fingerprint density at radius 3 is 2.75 bits per heavy atom. The fourth-order valence-electron chi connectivity index (χ4n) is 2.65. The fraction of sp³-hybridized carbons (Fsp3) is 0.438. The molecule has 0 aliphatic heterocycles. The van der Waals surface area contributed by atoms with Crippen LogP contribution in [0, 0.1) is 12.8 Å². The van der Waals surface area contributed by atoms with Crippen LogP contribution < -0.4 is 11.1 Å². The number of fused-ring (bicyclic) bond motifs is 1. The second kappa shape index (κ2) is 4.48. The van der Waals surface area contributed by atoms with E-state index in [-0.39, 0.29) is 11.4 Å². The summed E-state index contributed by atoms with van der Waals surface area (Å²) in [7, 11) is 0. The van der Waals surface area contributed by atoms with Crippen LogP contribution in [0.5, 0.6) is 0 Å². The maximum Gasteiger partial charge on any atom is 0.263 e. The van der Waals surface area contributed by atoms with E-state index in [9.17, 15) is 4.79 Å². The van der Waals surface area contributed by atoms with E-state index in [2.05, 4.69) is 25.2 Å². The lowest BCUT2D eigenvalue weighted by Crippen LogP contribution is -2.45. The number of nitrogens with two attached hydrogens (primary N) is 1. The van der Waals surface area contributed by atoms with Gasteiger partial charge < -0.3 is 11.1 Å². The summed E-state index contributed by atoms with van der Waals surface area (Å²) in [6.07, 6.45) is 2.41. The summed E-state index contributed by atoms with van der Waals surface area (Å²) in [5.41, 5.74) is 7.80. The Kier molecular flexibility index (Phi) is 3.01. The number of anilines is 1. The van der Waals surface area contributed by atoms with Crippen molar-refractivity contribution in [3.8, 4) is 0 Å². The molecule has 4 heteroatoms. The van der Waals surface area contributed by atoms with Gasteiger partial charge in [0.2, 0.25) is 0 Å². The van der Waals surface area contributed by atoms with Crippen molar-refractivity contribution >= 4 is 33.0 Å². The Bertz CT molecular complexity index is 683. The SMILES string of the molecule is Cc1ccc2c(N)c(C(=O)NC(C)(C)C3CC3)sc2c1. The van der Waals surface area contributed by atoms with Crippen LogP contribution in [0.4, 0.5) is 5.69 Å². The average molecular weight is 288 g/mol. The van der Waals surface area contributed by atoms with Crippen LogP contribution in [0.1, 0.15) is 41.9 Å². The lowest BCUT2D eigenvalue weighted by atomic mass is 9.98. The van der Waals surface area contributed by atoms with E-state index in [1.54, 1.807) is 0 Å². The Morgan fingerprint density at radius 1 is 1.40 bits per heavy atom. The van der Waals surface area contributed by atoms with Gasteiger partial charge in [-0.05, 0) is 51.2 Å². The molecule has 1 fully saturated rings. The van der Waals surface area contributed by atoms with Crippen molar-refractivity contribution in [2.75, 3.05) is 5.73 Å². The van der Waals surface area contributed by atoms with Crippen LogP contribution in [0.15, 0.2) is 18.2 Å². The minimum atomic E-state index is -0.143. The van der Waals surface area contributed by atoms with Gasteiger partial charge in [0.15, 0.2) is 0 Å². The van der Waals surface area contributed by atoms with E-state index >= 15 is 0 Å². The number of rotatable bonds is 3. The van der Waals surface area contributed by atoms with Crippen molar-refractivity contribution in [1.82, 2.24) is 5.32 Å². The molecule has 1 saturated carbocycles. The average Bonchev–Trinajstić information content (AvgIpc) is 3.15. The third-order valence-corrected chi connectivity index (χ3v) is 5.29. The molecule has 1 amide bonds. The molecule has 1 aromatic carbocycles. The van der Waals surface area contributed by atoms with Gasteiger partial charge in [0.1, 0.15) is 4.88 Å². The molecule has 1 aromatic heterocycles. The Hall–Kier alpha value is -1.55. The number of carbonyl (C=O) groups excluding carboxylic acids is 1. The highest BCUT2D eigenvalue weighted by atomic mass is 32.1. The lowest BCUT2D eigenvalue weighted by Gasteiger charge is -2.25. The van der Waals surface area contributed by atoms with E-state index in [0.717, 1.165) is 10.1 Å². The van der Waals surface area contributed by atoms with Crippen LogP contribution in [0.3, 0.4) is 0 Å². The van der Waals surface area contributed by atoms with E-state index < -0.39 is 0 Å². The zero-order chi connectivity index (χ0) is 14.5. The molecule has 0 atom stereocenters. The molecular formula is C16H20N2OS. The predicted molar refractivity (Wildman–Crippen MR) is 85.2 cm³/mol. The number of carbonyl (C=O) groups is 1. The molecular weight excluding hydrogens is 268 g/mol. The van der Waals surface area contributed by atoms with E-state index in [1.165, 1.54) is 29.7 Å². The third-order valence-electron chi connectivity index (χ3n) is 4.12. The first-order chi connectivity index (χ1) is 9.38. The van der Waals surface area contributed by atoms with Crippen molar-refractivity contribution in [2.24, 2.45) is 5.92 Å². The highest BCUT2D eigenvalue weighted by Crippen LogP contribution is 2.40. The molecule has 20 heavy (non-hydrogen) atoms. The standard InChI is InChI=1S/C16H20N2OS/c1-9-4-7-11-12(8-9)20-14(13(11)17)15(19)18-16(2,3)10-5-6-10/h4,7-8,10H,5-6,17H2,1-3H3,(H,18,19). The maximum absolute atomic E-state index is 12.5. The molecule has 1 aliphatic rings. The van der Waals surface area contributed by atoms with Crippen LogP contribution in [0.25, 0.3) is 10.1 Å². The van der Waals surface area contributed by atoms with E-state index in [4.69, 9.17) is 5.73 Å². The molecule has 1 aliphatic carbocycles. The molecule has 0 radical (unpaired) electrons. The molecule has 3 rings (SSSR count). The monoisotopic (exact) mass is 288 g/mol. The molecule has 0 spiro atoms. The molecule has 2 aromatic rings. The Morgan fingerprint density at radius 2 is 2.10 bits per heavy atom. The number of hydrogen-bond donors (Lipinski definition) is 2. The van der Waals surface area contributed by atoms with E-state index in [0.29, 0.717) is 16.5 Å². The summed E-state index contributed by atoms with van der Waals surface area (Å²) in [6, 6.07) is 6.11. The quantitative estimate of drug-likeness (QED) is 0.904. The summed E-state index contributed by atoms with van der Waals surface area (Å²) in [6.45, 7) is 6.23. The largest absolute Gasteiger partial charge is 0.397 e. The molecule has 3 nitrogen and oxygen atoms in total. The first kappa shape index (κ1) is 13.4. The van der Waals surface area contributed by atoms with Crippen LogP contribution >= 0.6 is 11.3 Å². The van der Waals surface area contributed by atoms with Gasteiger partial charge in [0.25, 0.3) is 5.91 Å². The zero-order valence-corrected chi connectivity index (χ0v) is 12.9. The molecule has 0 unspecified atom stereocenters. The van der Waals surface area contributed by atoms with Gasteiger partial charge in [0, 0.05) is 15.6 Å². The van der Waals surface area contributed by atoms with Gasteiger partial charge in [-0.3, -0.25) is 4.79 Å². The van der Waals surface area contributed by atoms with Gasteiger partial charge in [-0.25, -0.2) is 0 Å². The molecule has 0 saturated heterocycles. The number of aryl methyl sites for hydroxylation is 1. The maximum atomic E-state index is 12.5. The Labute approximate surface area is 123 Å². The number of nitrogen functional groups attached to an aromatic ring is 1. The van der Waals surface area contributed by atoms with Crippen molar-refractivity contribution in [3.05, 3.63) is 28.6 Å². The smallest absolute Gasteiger partial charge is 0.263 e. The Balaban J connectivity index is 1.93. The van der Waals surface area contributed by atoms with Crippen LogP contribution in [0.2, 0.25) is 0 Å². The summed E-state index contributed by atoms with van der Waals surface area (Å²) >= 11 is 1.48. The van der Waals surface area contributed by atoms with Gasteiger partial charge >= 0.3 is 0 Å². The topological polar surface area (TPSA) is 55.1 Å². The molecule has 106 valence electrons. The van der Waals surface area contributed by atoms with Gasteiger partial charge in [-0.15, -0.1) is 11.3 Å². The number of nitrogens with one attached hydrogen (secondary N) is 1. The normalized spacial score (nSPS) is 15.6. The van der Waals surface area contributed by atoms with Crippen molar-refractivity contribution < 1.29 is 4.79 Å². The third kappa shape index (κ3) is 2.29. The summed E-state index contributed by atoms with van der Waals surface area (Å²) < 4.78 is 1.08. The fourth-order valence-corrected chi connectivity index (χ4v) is 3.77. The molecule has 3 N–H and O–H groups in total. The summed E-state index contributed by atoms with van der Waals surface area (Å²) in [4.78, 5) is 13.1. The minimum Gasteiger partial charge on any atom is -0.397 e. The highest BCUT2D eigenvalue weighted by Gasteiger charge is 2.39. The van der Waals surface area contributed by atoms with Crippen molar-refractivity contribution in [2.45, 2.75) is 39.2 Å². The second-order valence-electron chi connectivity index (χ2n) is 6.29. The summed E-state index contributed by atoms with van der Waals surface area (Å²) in [5, 5.41) is 4.12. The second-order valence-corrected chi connectivity index (χ2v) is 7.35. The highest BCUT2D eigenvalue weighted by molar-refractivity contribution is 7.21. The van der Waals surface area contributed by atoms with Crippen LogP contribution in [-0.4, -0.2) is 11.4 Å². The number of amides is 1. The predicted octanol–water partition coefficient (Wildman–Crippen LogP) is 3.71.